The molecule has 1 heterocycles. The van der Waals surface area contributed by atoms with Crippen LogP contribution in [0.25, 0.3) is 0 Å². The number of nitrogens with one attached hydrogen (secondary N) is 1. The number of carbonyl (C=O) groups is 2. The van der Waals surface area contributed by atoms with Gasteiger partial charge in [-0.2, -0.15) is 4.31 Å². The highest BCUT2D eigenvalue weighted by Gasteiger charge is 2.30. The summed E-state index contributed by atoms with van der Waals surface area (Å²) in [4.78, 5) is 27.3. The minimum Gasteiger partial charge on any atom is -0.497 e. The van der Waals surface area contributed by atoms with Crippen molar-refractivity contribution < 1.29 is 31.9 Å². The average molecular weight is 542 g/mol. The highest BCUT2D eigenvalue weighted by atomic mass is 32.2. The summed E-state index contributed by atoms with van der Waals surface area (Å²) in [6, 6.07) is 15.2. The van der Waals surface area contributed by atoms with Crippen LogP contribution in [-0.4, -0.2) is 58.4 Å². The molecule has 200 valence electrons. The number of hydrogen-bond donors (Lipinski definition) is 1. The maximum absolute atomic E-state index is 13.8. The Morgan fingerprint density at radius 2 is 1.76 bits per heavy atom. The van der Waals surface area contributed by atoms with Gasteiger partial charge in [0, 0.05) is 30.0 Å². The van der Waals surface area contributed by atoms with E-state index in [1.54, 1.807) is 55.3 Å². The molecule has 0 bridgehead atoms. The van der Waals surface area contributed by atoms with Crippen molar-refractivity contribution in [3.05, 3.63) is 77.6 Å². The second-order valence-corrected chi connectivity index (χ2v) is 10.5. The number of methoxy groups -OCH3 is 2. The SMILES string of the molecule is CCN(CC(=O)Nc1ccc2c(c1)N(C(=O)c1ccc(OC)cc1)CC2)S(=O)(=O)c1cc(F)ccc1OC. The van der Waals surface area contributed by atoms with E-state index in [1.807, 2.05) is 6.07 Å². The largest absolute Gasteiger partial charge is 0.497 e. The Kier molecular flexibility index (Phi) is 7.98. The Morgan fingerprint density at radius 1 is 1.03 bits per heavy atom. The smallest absolute Gasteiger partial charge is 0.258 e. The first-order valence-corrected chi connectivity index (χ1v) is 13.3. The van der Waals surface area contributed by atoms with Crippen LogP contribution in [0.1, 0.15) is 22.8 Å². The van der Waals surface area contributed by atoms with Crippen LogP contribution in [0, 0.1) is 5.82 Å². The third kappa shape index (κ3) is 5.48. The summed E-state index contributed by atoms with van der Waals surface area (Å²) in [7, 11) is -1.39. The molecule has 0 aliphatic carbocycles. The second-order valence-electron chi connectivity index (χ2n) is 8.55. The fraction of sp³-hybridized carbons (Fsp3) is 0.259. The van der Waals surface area contributed by atoms with Gasteiger partial charge in [0.15, 0.2) is 0 Å². The van der Waals surface area contributed by atoms with Gasteiger partial charge < -0.3 is 19.7 Å². The maximum atomic E-state index is 13.8. The van der Waals surface area contributed by atoms with Crippen molar-refractivity contribution in [3.8, 4) is 11.5 Å². The molecule has 3 aromatic rings. The quantitative estimate of drug-likeness (QED) is 0.443. The molecule has 0 unspecified atom stereocenters. The van der Waals surface area contributed by atoms with Crippen LogP contribution < -0.4 is 19.7 Å². The number of sulfonamides is 1. The molecule has 0 aromatic heterocycles. The number of fused-ring (bicyclic) bond motifs is 1. The first-order chi connectivity index (χ1) is 18.2. The van der Waals surface area contributed by atoms with Crippen LogP contribution in [0.15, 0.2) is 65.6 Å². The van der Waals surface area contributed by atoms with Gasteiger partial charge in [0.2, 0.25) is 15.9 Å². The number of benzene rings is 3. The van der Waals surface area contributed by atoms with Gasteiger partial charge in [-0.1, -0.05) is 13.0 Å². The summed E-state index contributed by atoms with van der Waals surface area (Å²) in [5.74, 6) is -0.881. The number of rotatable bonds is 9. The number of ether oxygens (including phenoxy) is 2. The van der Waals surface area contributed by atoms with E-state index in [9.17, 15) is 22.4 Å². The first kappa shape index (κ1) is 27.1. The average Bonchev–Trinajstić information content (AvgIpc) is 3.34. The zero-order valence-corrected chi connectivity index (χ0v) is 22.0. The summed E-state index contributed by atoms with van der Waals surface area (Å²) in [6.07, 6.45) is 0.669. The van der Waals surface area contributed by atoms with Gasteiger partial charge in [0.1, 0.15) is 22.2 Å². The topological polar surface area (TPSA) is 105 Å². The molecule has 3 aromatic carbocycles. The van der Waals surface area contributed by atoms with Gasteiger partial charge in [-0.3, -0.25) is 9.59 Å². The number of anilines is 2. The lowest BCUT2D eigenvalue weighted by atomic mass is 10.1. The van der Waals surface area contributed by atoms with Crippen LogP contribution in [0.5, 0.6) is 11.5 Å². The molecule has 2 amide bonds. The van der Waals surface area contributed by atoms with Crippen molar-refractivity contribution >= 4 is 33.2 Å². The van der Waals surface area contributed by atoms with Gasteiger partial charge >= 0.3 is 0 Å². The van der Waals surface area contributed by atoms with Gasteiger partial charge in [0.25, 0.3) is 5.91 Å². The Bertz CT molecular complexity index is 1460. The van der Waals surface area contributed by atoms with E-state index in [1.165, 1.54) is 13.2 Å². The van der Waals surface area contributed by atoms with Crippen LogP contribution in [0.4, 0.5) is 15.8 Å². The standard InChI is InChI=1S/C27H28FN3O6S/c1-4-30(38(34,35)25-15-20(28)8-12-24(25)37-3)17-26(32)29-21-9-5-18-13-14-31(23(18)16-21)27(33)19-6-10-22(36-2)11-7-19/h5-12,15-16H,4,13-14,17H2,1-3H3,(H,29,32). The minimum atomic E-state index is -4.22. The normalized spacial score (nSPS) is 12.8. The highest BCUT2D eigenvalue weighted by molar-refractivity contribution is 7.89. The molecule has 38 heavy (non-hydrogen) atoms. The predicted molar refractivity (Wildman–Crippen MR) is 141 cm³/mol. The molecular weight excluding hydrogens is 513 g/mol. The number of nitrogens with zero attached hydrogens (tertiary/aromatic N) is 2. The molecule has 0 saturated carbocycles. The lowest BCUT2D eigenvalue weighted by Gasteiger charge is -2.22. The van der Waals surface area contributed by atoms with E-state index in [0.29, 0.717) is 35.7 Å². The van der Waals surface area contributed by atoms with Crippen LogP contribution in [0.3, 0.4) is 0 Å². The molecule has 11 heteroatoms. The molecule has 0 radical (unpaired) electrons. The lowest BCUT2D eigenvalue weighted by molar-refractivity contribution is -0.116. The van der Waals surface area contributed by atoms with Crippen molar-refractivity contribution in [1.29, 1.82) is 0 Å². The Balaban J connectivity index is 1.50. The van der Waals surface area contributed by atoms with Crippen LogP contribution >= 0.6 is 0 Å². The zero-order valence-electron chi connectivity index (χ0n) is 21.2. The highest BCUT2D eigenvalue weighted by Crippen LogP contribution is 2.32. The van der Waals surface area contributed by atoms with Crippen LogP contribution in [0.2, 0.25) is 0 Å². The van der Waals surface area contributed by atoms with E-state index < -0.39 is 28.3 Å². The van der Waals surface area contributed by atoms with Crippen LogP contribution in [-0.2, 0) is 21.2 Å². The third-order valence-electron chi connectivity index (χ3n) is 6.26. The molecule has 1 aliphatic rings. The zero-order chi connectivity index (χ0) is 27.4. The Morgan fingerprint density at radius 3 is 2.42 bits per heavy atom. The third-order valence-corrected chi connectivity index (χ3v) is 8.20. The molecule has 0 spiro atoms. The van der Waals surface area contributed by atoms with Crippen molar-refractivity contribution in [1.82, 2.24) is 4.31 Å². The van der Waals surface area contributed by atoms with E-state index >= 15 is 0 Å². The predicted octanol–water partition coefficient (Wildman–Crippen LogP) is 3.70. The molecule has 4 rings (SSSR count). The van der Waals surface area contributed by atoms with E-state index in [-0.39, 0.29) is 23.1 Å². The van der Waals surface area contributed by atoms with E-state index in [4.69, 9.17) is 9.47 Å². The van der Waals surface area contributed by atoms with Crippen molar-refractivity contribution in [2.45, 2.75) is 18.2 Å². The summed E-state index contributed by atoms with van der Waals surface area (Å²) in [5, 5.41) is 2.71. The number of hydrogen-bond acceptors (Lipinski definition) is 6. The Labute approximate surface area is 220 Å². The number of amides is 2. The molecule has 9 nitrogen and oxygen atoms in total. The number of halogens is 1. The first-order valence-electron chi connectivity index (χ1n) is 11.9. The monoisotopic (exact) mass is 541 g/mol. The van der Waals surface area contributed by atoms with Gasteiger partial charge in [0.05, 0.1) is 20.8 Å². The molecular formula is C27H28FN3O6S. The van der Waals surface area contributed by atoms with Gasteiger partial charge in [-0.25, -0.2) is 12.8 Å². The molecule has 1 N–H and O–H groups in total. The van der Waals surface area contributed by atoms with E-state index in [0.717, 1.165) is 22.0 Å². The number of carbonyl (C=O) groups excluding carboxylic acids is 2. The van der Waals surface area contributed by atoms with Gasteiger partial charge in [-0.15, -0.1) is 0 Å². The molecule has 0 atom stereocenters. The Hall–Kier alpha value is -3.96. The maximum Gasteiger partial charge on any atom is 0.258 e. The van der Waals surface area contributed by atoms with Crippen molar-refractivity contribution in [2.75, 3.05) is 44.1 Å². The summed E-state index contributed by atoms with van der Waals surface area (Å²) in [6.45, 7) is 1.55. The fourth-order valence-corrected chi connectivity index (χ4v) is 5.85. The summed E-state index contributed by atoms with van der Waals surface area (Å²) >= 11 is 0. The second kappa shape index (κ2) is 11.2. The van der Waals surface area contributed by atoms with E-state index in [2.05, 4.69) is 5.32 Å². The van der Waals surface area contributed by atoms with Crippen molar-refractivity contribution in [3.63, 3.8) is 0 Å². The minimum absolute atomic E-state index is 0.0227. The molecule has 0 fully saturated rings. The molecule has 0 saturated heterocycles. The lowest BCUT2D eigenvalue weighted by Crippen LogP contribution is -2.38. The summed E-state index contributed by atoms with van der Waals surface area (Å²) < 4.78 is 51.3. The molecule has 1 aliphatic heterocycles. The van der Waals surface area contributed by atoms with Crippen molar-refractivity contribution in [2.24, 2.45) is 0 Å². The summed E-state index contributed by atoms with van der Waals surface area (Å²) in [5.41, 5.74) is 2.55. The van der Waals surface area contributed by atoms with Gasteiger partial charge in [-0.05, 0) is 66.6 Å². The number of likely N-dealkylation sites (N-methyl/N-ethyl adjacent to an activating group) is 1. The fourth-order valence-electron chi connectivity index (χ4n) is 4.28.